The summed E-state index contributed by atoms with van der Waals surface area (Å²) in [5.74, 6) is 0. The molecule has 2 rings (SSSR count). The number of fused-ring (bicyclic) bond motifs is 1. The molecule has 0 spiro atoms. The van der Waals surface area contributed by atoms with Gasteiger partial charge in [-0.1, -0.05) is 45.6 Å². The van der Waals surface area contributed by atoms with Crippen molar-refractivity contribution < 1.29 is 5.11 Å². The third-order valence-electron chi connectivity index (χ3n) is 2.09. The zero-order valence-corrected chi connectivity index (χ0v) is 12.2. The number of benzene rings is 1. The lowest BCUT2D eigenvalue weighted by Gasteiger charge is -1.95. The smallest absolute Gasteiger partial charge is 0.113 e. The Bertz CT molecular complexity index is 482. The monoisotopic (exact) mass is 261 g/mol. The number of allylic oxidation sites excluding steroid dienone is 3. The molecule has 0 saturated carbocycles. The predicted octanol–water partition coefficient (Wildman–Crippen LogP) is 3.50. The van der Waals surface area contributed by atoms with Crippen molar-refractivity contribution in [3.8, 4) is 0 Å². The maximum Gasteiger partial charge on any atom is 0.113 e. The van der Waals surface area contributed by atoms with Crippen LogP contribution in [0.5, 0.6) is 0 Å². The molecule has 1 N–H and O–H groups in total. The van der Waals surface area contributed by atoms with Crippen LogP contribution >= 0.6 is 0 Å². The summed E-state index contributed by atoms with van der Waals surface area (Å²) in [6.07, 6.45) is 4.95. The number of hydrogen-bond donors (Lipinski definition) is 1. The molecule has 1 aromatic carbocycles. The average molecular weight is 261 g/mol. The van der Waals surface area contributed by atoms with Crippen molar-refractivity contribution in [2.75, 3.05) is 7.11 Å². The SMILES string of the molecule is C=C(/C=C\CC)n1nc2ccccc2n1.CC.CO. The molecule has 0 amide bonds. The van der Waals surface area contributed by atoms with E-state index in [1.54, 1.807) is 4.80 Å². The summed E-state index contributed by atoms with van der Waals surface area (Å²) >= 11 is 0. The quantitative estimate of drug-likeness (QED) is 0.860. The van der Waals surface area contributed by atoms with E-state index >= 15 is 0 Å². The predicted molar refractivity (Wildman–Crippen MR) is 81.8 cm³/mol. The molecule has 4 heteroatoms. The first-order chi connectivity index (χ1) is 9.31. The van der Waals surface area contributed by atoms with Crippen LogP contribution in [0, 0.1) is 0 Å². The molecule has 1 heterocycles. The lowest BCUT2D eigenvalue weighted by atomic mass is 10.3. The maximum atomic E-state index is 7.00. The molecule has 0 unspecified atom stereocenters. The fourth-order valence-electron chi connectivity index (χ4n) is 1.31. The Morgan fingerprint density at radius 2 is 1.68 bits per heavy atom. The van der Waals surface area contributed by atoms with Gasteiger partial charge in [0.05, 0.1) is 5.70 Å². The summed E-state index contributed by atoms with van der Waals surface area (Å²) < 4.78 is 0. The van der Waals surface area contributed by atoms with Crippen molar-refractivity contribution in [1.82, 2.24) is 15.0 Å². The number of nitrogens with zero attached hydrogens (tertiary/aromatic N) is 3. The zero-order chi connectivity index (χ0) is 14.7. The number of hydrogen-bond acceptors (Lipinski definition) is 3. The van der Waals surface area contributed by atoms with E-state index in [0.717, 1.165) is 30.3 Å². The van der Waals surface area contributed by atoms with Gasteiger partial charge in [0.1, 0.15) is 11.0 Å². The van der Waals surface area contributed by atoms with Crippen LogP contribution in [-0.2, 0) is 0 Å². The topological polar surface area (TPSA) is 50.9 Å². The van der Waals surface area contributed by atoms with E-state index < -0.39 is 0 Å². The highest BCUT2D eigenvalue weighted by atomic mass is 16.2. The van der Waals surface area contributed by atoms with Gasteiger partial charge in [0.2, 0.25) is 0 Å². The Morgan fingerprint density at radius 1 is 1.21 bits per heavy atom. The van der Waals surface area contributed by atoms with Crippen LogP contribution < -0.4 is 0 Å². The molecule has 0 aliphatic carbocycles. The minimum absolute atomic E-state index is 0.785. The van der Waals surface area contributed by atoms with Gasteiger partial charge < -0.3 is 5.11 Å². The van der Waals surface area contributed by atoms with Crippen molar-refractivity contribution in [2.24, 2.45) is 0 Å². The Balaban J connectivity index is 0.000000741. The van der Waals surface area contributed by atoms with Crippen molar-refractivity contribution >= 4 is 16.7 Å². The second-order valence-electron chi connectivity index (χ2n) is 3.28. The molecule has 104 valence electrons. The highest BCUT2D eigenvalue weighted by Gasteiger charge is 2.01. The van der Waals surface area contributed by atoms with Gasteiger partial charge in [0.25, 0.3) is 0 Å². The van der Waals surface area contributed by atoms with Gasteiger partial charge >= 0.3 is 0 Å². The van der Waals surface area contributed by atoms with Crippen LogP contribution in [0.3, 0.4) is 0 Å². The van der Waals surface area contributed by atoms with Gasteiger partial charge in [-0.3, -0.25) is 0 Å². The highest BCUT2D eigenvalue weighted by molar-refractivity contribution is 5.74. The van der Waals surface area contributed by atoms with E-state index in [0.29, 0.717) is 0 Å². The summed E-state index contributed by atoms with van der Waals surface area (Å²) in [4.78, 5) is 1.57. The van der Waals surface area contributed by atoms with Gasteiger partial charge in [-0.05, 0) is 24.6 Å². The van der Waals surface area contributed by atoms with Gasteiger partial charge in [-0.2, -0.15) is 4.80 Å². The van der Waals surface area contributed by atoms with E-state index in [9.17, 15) is 0 Å². The first-order valence-corrected chi connectivity index (χ1v) is 6.44. The van der Waals surface area contributed by atoms with Crippen molar-refractivity contribution in [3.05, 3.63) is 43.0 Å². The van der Waals surface area contributed by atoms with Crippen molar-refractivity contribution in [1.29, 1.82) is 0 Å². The Hall–Kier alpha value is -1.94. The van der Waals surface area contributed by atoms with Crippen molar-refractivity contribution in [3.63, 3.8) is 0 Å². The van der Waals surface area contributed by atoms with Crippen LogP contribution in [0.15, 0.2) is 43.0 Å². The lowest BCUT2D eigenvalue weighted by molar-refractivity contribution is 0.399. The molecule has 19 heavy (non-hydrogen) atoms. The van der Waals surface area contributed by atoms with Crippen LogP contribution in [0.1, 0.15) is 27.2 Å². The Kier molecular flexibility index (Phi) is 9.00. The van der Waals surface area contributed by atoms with Gasteiger partial charge in [-0.15, -0.1) is 10.2 Å². The second kappa shape index (κ2) is 10.0. The van der Waals surface area contributed by atoms with Gasteiger partial charge in [0.15, 0.2) is 0 Å². The third-order valence-corrected chi connectivity index (χ3v) is 2.09. The van der Waals surface area contributed by atoms with Gasteiger partial charge in [0, 0.05) is 7.11 Å². The number of aliphatic hydroxyl groups excluding tert-OH is 1. The molecule has 0 saturated heterocycles. The molecular weight excluding hydrogens is 238 g/mol. The first kappa shape index (κ1) is 17.1. The minimum Gasteiger partial charge on any atom is -0.400 e. The molecular formula is C15H23N3O. The lowest BCUT2D eigenvalue weighted by Crippen LogP contribution is -1.97. The van der Waals surface area contributed by atoms with E-state index in [1.807, 2.05) is 50.3 Å². The second-order valence-corrected chi connectivity index (χ2v) is 3.28. The Morgan fingerprint density at radius 3 is 2.11 bits per heavy atom. The molecule has 4 nitrogen and oxygen atoms in total. The highest BCUT2D eigenvalue weighted by Crippen LogP contribution is 2.10. The van der Waals surface area contributed by atoms with E-state index in [4.69, 9.17) is 5.11 Å². The van der Waals surface area contributed by atoms with Crippen LogP contribution in [0.25, 0.3) is 16.7 Å². The van der Waals surface area contributed by atoms with Crippen LogP contribution in [0.2, 0.25) is 0 Å². The van der Waals surface area contributed by atoms with Crippen LogP contribution in [0.4, 0.5) is 0 Å². The minimum atomic E-state index is 0.785. The average Bonchev–Trinajstić information content (AvgIpc) is 2.93. The molecule has 0 atom stereocenters. The Labute approximate surface area is 115 Å². The molecule has 0 radical (unpaired) electrons. The zero-order valence-electron chi connectivity index (χ0n) is 12.2. The third kappa shape index (κ3) is 5.06. The summed E-state index contributed by atoms with van der Waals surface area (Å²) in [5, 5.41) is 15.6. The molecule has 0 fully saturated rings. The fourth-order valence-corrected chi connectivity index (χ4v) is 1.31. The van der Waals surface area contributed by atoms with Crippen molar-refractivity contribution in [2.45, 2.75) is 27.2 Å². The summed E-state index contributed by atoms with van der Waals surface area (Å²) in [7, 11) is 1.00. The molecule has 1 aromatic heterocycles. The maximum absolute atomic E-state index is 7.00. The first-order valence-electron chi connectivity index (χ1n) is 6.44. The molecule has 0 aliphatic heterocycles. The van der Waals surface area contributed by atoms with E-state index in [-0.39, 0.29) is 0 Å². The van der Waals surface area contributed by atoms with E-state index in [2.05, 4.69) is 23.7 Å². The number of aliphatic hydroxyl groups is 1. The molecule has 0 bridgehead atoms. The largest absolute Gasteiger partial charge is 0.400 e. The molecule has 0 aliphatic rings. The van der Waals surface area contributed by atoms with Crippen LogP contribution in [-0.4, -0.2) is 27.2 Å². The summed E-state index contributed by atoms with van der Waals surface area (Å²) in [6.45, 7) is 9.99. The molecule has 2 aromatic rings. The van der Waals surface area contributed by atoms with E-state index in [1.165, 1.54) is 0 Å². The number of rotatable bonds is 3. The normalized spacial score (nSPS) is 9.53. The standard InChI is InChI=1S/C12H13N3.C2H6.CH4O/c1-3-4-7-10(2)15-13-11-8-5-6-9-12(11)14-15;2*1-2/h4-9H,2-3H2,1H3;1-2H3;2H,1H3/b7-4-;;. The summed E-state index contributed by atoms with van der Waals surface area (Å²) in [6, 6.07) is 7.78. The van der Waals surface area contributed by atoms with Gasteiger partial charge in [-0.25, -0.2) is 0 Å². The summed E-state index contributed by atoms with van der Waals surface area (Å²) in [5.41, 5.74) is 2.57. The fraction of sp³-hybridized carbons (Fsp3) is 0.333. The number of aromatic nitrogens is 3.